The monoisotopic (exact) mass is 660 g/mol. The molecular weight excluding hydrogens is 628 g/mol. The number of fused-ring (bicyclic) bond motifs is 3. The molecule has 5 aromatic rings. The zero-order valence-corrected chi connectivity index (χ0v) is 27.7. The number of halogens is 1. The molecule has 0 aliphatic heterocycles. The van der Waals surface area contributed by atoms with Gasteiger partial charge >= 0.3 is 5.97 Å². The molecule has 6 rings (SSSR count). The van der Waals surface area contributed by atoms with Crippen LogP contribution >= 0.6 is 23.4 Å². The van der Waals surface area contributed by atoms with Crippen LogP contribution in [-0.2, 0) is 11.4 Å². The number of allylic oxidation sites excluding steroid dienone is 4. The van der Waals surface area contributed by atoms with E-state index in [4.69, 9.17) is 16.4 Å². The highest BCUT2D eigenvalue weighted by Gasteiger charge is 2.21. The fourth-order valence-corrected chi connectivity index (χ4v) is 6.80. The molecule has 0 spiro atoms. The second-order valence-corrected chi connectivity index (χ2v) is 12.9. The highest BCUT2D eigenvalue weighted by atomic mass is 35.5. The van der Waals surface area contributed by atoms with Crippen molar-refractivity contribution in [3.63, 3.8) is 0 Å². The SMILES string of the molecule is CCn1c2ccc(C(=O)C3=C(C)CCC=C3)cc2c2cc(C(=O)/C(CCSc3ccc(Cl)cc3)=N/OC(=O)c3ccccc3)ccc21. The van der Waals surface area contributed by atoms with E-state index >= 15 is 0 Å². The number of oxime groups is 1. The highest BCUT2D eigenvalue weighted by Crippen LogP contribution is 2.32. The van der Waals surface area contributed by atoms with Crippen LogP contribution < -0.4 is 0 Å². The van der Waals surface area contributed by atoms with Crippen molar-refractivity contribution in [2.45, 2.75) is 44.6 Å². The Morgan fingerprint density at radius 3 is 2.23 bits per heavy atom. The van der Waals surface area contributed by atoms with Crippen molar-refractivity contribution in [2.75, 3.05) is 5.75 Å². The molecule has 1 aliphatic carbocycles. The quantitative estimate of drug-likeness (QED) is 0.0463. The van der Waals surface area contributed by atoms with Gasteiger partial charge in [0.1, 0.15) is 5.71 Å². The number of nitrogens with zero attached hydrogens (tertiary/aromatic N) is 2. The van der Waals surface area contributed by atoms with Crippen LogP contribution in [0.2, 0.25) is 5.02 Å². The van der Waals surface area contributed by atoms with Crippen molar-refractivity contribution in [1.82, 2.24) is 4.57 Å². The van der Waals surface area contributed by atoms with Crippen molar-refractivity contribution in [3.8, 4) is 0 Å². The molecule has 0 amide bonds. The lowest BCUT2D eigenvalue weighted by Crippen LogP contribution is -2.17. The molecule has 0 fully saturated rings. The van der Waals surface area contributed by atoms with Gasteiger partial charge in [-0.25, -0.2) is 4.79 Å². The summed E-state index contributed by atoms with van der Waals surface area (Å²) in [6.45, 7) is 4.81. The Labute approximate surface area is 282 Å². The minimum atomic E-state index is -0.641. The highest BCUT2D eigenvalue weighted by molar-refractivity contribution is 7.99. The number of carbonyl (C=O) groups excluding carboxylic acids is 3. The molecule has 236 valence electrons. The summed E-state index contributed by atoms with van der Waals surface area (Å²) in [5.74, 6) is -0.445. The van der Waals surface area contributed by atoms with Crippen LogP contribution in [0.4, 0.5) is 0 Å². The van der Waals surface area contributed by atoms with Crippen LogP contribution in [0.25, 0.3) is 21.8 Å². The summed E-state index contributed by atoms with van der Waals surface area (Å²) in [5, 5.41) is 6.51. The lowest BCUT2D eigenvalue weighted by molar-refractivity contribution is 0.0514. The van der Waals surface area contributed by atoms with E-state index in [-0.39, 0.29) is 23.7 Å². The van der Waals surface area contributed by atoms with Crippen molar-refractivity contribution < 1.29 is 19.2 Å². The van der Waals surface area contributed by atoms with Gasteiger partial charge in [0.05, 0.1) is 5.56 Å². The molecule has 1 heterocycles. The molecule has 1 aromatic heterocycles. The Hall–Kier alpha value is -4.72. The largest absolute Gasteiger partial charge is 0.365 e. The summed E-state index contributed by atoms with van der Waals surface area (Å²) < 4.78 is 2.18. The first-order chi connectivity index (χ1) is 22.8. The summed E-state index contributed by atoms with van der Waals surface area (Å²) in [4.78, 5) is 46.6. The van der Waals surface area contributed by atoms with E-state index in [9.17, 15) is 14.4 Å². The van der Waals surface area contributed by atoms with Gasteiger partial charge in [-0.15, -0.1) is 11.8 Å². The molecule has 0 radical (unpaired) electrons. The minimum absolute atomic E-state index is 0.00202. The van der Waals surface area contributed by atoms with Crippen molar-refractivity contribution in [2.24, 2.45) is 5.16 Å². The molecule has 0 atom stereocenters. The van der Waals surface area contributed by atoms with Crippen LogP contribution in [-0.4, -0.2) is 33.6 Å². The van der Waals surface area contributed by atoms with Crippen LogP contribution in [0, 0.1) is 0 Å². The van der Waals surface area contributed by atoms with Gasteiger partial charge in [-0.05, 0) is 99.5 Å². The third kappa shape index (κ3) is 7.02. The topological polar surface area (TPSA) is 77.7 Å². The number of Topliss-reactive ketones (excluding diaryl/α,β-unsaturated/α-hetero) is 2. The smallest absolute Gasteiger partial charge is 0.341 e. The maximum Gasteiger partial charge on any atom is 0.365 e. The third-order valence-electron chi connectivity index (χ3n) is 8.31. The van der Waals surface area contributed by atoms with Gasteiger partial charge in [-0.3, -0.25) is 9.59 Å². The number of hydrogen-bond acceptors (Lipinski definition) is 6. The van der Waals surface area contributed by atoms with E-state index in [1.54, 1.807) is 48.2 Å². The van der Waals surface area contributed by atoms with Crippen molar-refractivity contribution in [1.29, 1.82) is 0 Å². The molecule has 0 saturated carbocycles. The standard InChI is InChI=1S/C39H33ClN2O4S/c1-3-42-35-19-13-27(37(43)31-12-8-7-9-25(31)2)23-32(35)33-24-28(14-20-36(33)42)38(44)34(21-22-47-30-17-15-29(40)16-18-30)41-46-39(45)26-10-5-4-6-11-26/h4-6,8,10-20,23-24H,3,7,9,21-22H2,1-2H3/b41-34+. The molecule has 0 N–H and O–H groups in total. The Kier molecular flexibility index (Phi) is 9.85. The molecule has 0 bridgehead atoms. The van der Waals surface area contributed by atoms with Crippen LogP contribution in [0.15, 0.2) is 124 Å². The summed E-state index contributed by atoms with van der Waals surface area (Å²) in [7, 11) is 0. The molecule has 0 unspecified atom stereocenters. The number of aromatic nitrogens is 1. The van der Waals surface area contributed by atoms with Gasteiger partial charge in [-0.2, -0.15) is 0 Å². The summed E-state index contributed by atoms with van der Waals surface area (Å²) in [6, 6.07) is 27.4. The normalized spacial score (nSPS) is 13.4. The second kappa shape index (κ2) is 14.4. The Morgan fingerprint density at radius 2 is 1.55 bits per heavy atom. The number of carbonyl (C=O) groups is 3. The van der Waals surface area contributed by atoms with Crippen molar-refractivity contribution >= 4 is 68.4 Å². The van der Waals surface area contributed by atoms with E-state index in [0.717, 1.165) is 57.2 Å². The predicted octanol–water partition coefficient (Wildman–Crippen LogP) is 9.90. The predicted molar refractivity (Wildman–Crippen MR) is 191 cm³/mol. The molecular formula is C39H33ClN2O4S. The number of ketones is 2. The molecule has 8 heteroatoms. The number of aryl methyl sites for hydroxylation is 1. The number of hydrogen-bond donors (Lipinski definition) is 0. The first-order valence-corrected chi connectivity index (χ1v) is 16.9. The number of thioether (sulfide) groups is 1. The van der Waals surface area contributed by atoms with Gasteiger partial charge in [0, 0.05) is 67.1 Å². The van der Waals surface area contributed by atoms with E-state index < -0.39 is 5.97 Å². The van der Waals surface area contributed by atoms with E-state index in [1.807, 2.05) is 73.7 Å². The third-order valence-corrected chi connectivity index (χ3v) is 9.58. The lowest BCUT2D eigenvalue weighted by Gasteiger charge is -2.12. The molecule has 0 saturated heterocycles. The van der Waals surface area contributed by atoms with Crippen LogP contribution in [0.3, 0.4) is 0 Å². The second-order valence-electron chi connectivity index (χ2n) is 11.3. The average molecular weight is 661 g/mol. The fraction of sp³-hybridized carbons (Fsp3) is 0.179. The fourth-order valence-electron chi connectivity index (χ4n) is 5.82. The summed E-state index contributed by atoms with van der Waals surface area (Å²) in [5.41, 5.74) is 5.29. The summed E-state index contributed by atoms with van der Waals surface area (Å²) in [6.07, 6.45) is 6.06. The number of benzene rings is 4. The molecule has 6 nitrogen and oxygen atoms in total. The molecule has 47 heavy (non-hydrogen) atoms. The van der Waals surface area contributed by atoms with Crippen LogP contribution in [0.5, 0.6) is 0 Å². The van der Waals surface area contributed by atoms with Crippen molar-refractivity contribution in [3.05, 3.63) is 136 Å². The summed E-state index contributed by atoms with van der Waals surface area (Å²) >= 11 is 7.59. The zero-order chi connectivity index (χ0) is 32.9. The van der Waals surface area contributed by atoms with Gasteiger partial charge in [0.15, 0.2) is 5.78 Å². The zero-order valence-electron chi connectivity index (χ0n) is 26.2. The maximum absolute atomic E-state index is 14.0. The molecule has 1 aliphatic rings. The van der Waals surface area contributed by atoms with Gasteiger partial charge < -0.3 is 9.40 Å². The van der Waals surface area contributed by atoms with Crippen LogP contribution in [0.1, 0.15) is 64.2 Å². The van der Waals surface area contributed by atoms with Gasteiger partial charge in [0.2, 0.25) is 5.78 Å². The Morgan fingerprint density at radius 1 is 0.872 bits per heavy atom. The molecule has 4 aromatic carbocycles. The van der Waals surface area contributed by atoms with E-state index in [2.05, 4.69) is 16.6 Å². The average Bonchev–Trinajstić information content (AvgIpc) is 3.42. The van der Waals surface area contributed by atoms with Gasteiger partial charge in [0.25, 0.3) is 0 Å². The van der Waals surface area contributed by atoms with E-state index in [1.165, 1.54) is 0 Å². The van der Waals surface area contributed by atoms with Gasteiger partial charge in [-0.1, -0.05) is 52.7 Å². The first kappa shape index (κ1) is 32.2. The maximum atomic E-state index is 14.0. The minimum Gasteiger partial charge on any atom is -0.341 e. The Balaban J connectivity index is 1.34. The lowest BCUT2D eigenvalue weighted by atomic mass is 9.92. The first-order valence-electron chi connectivity index (χ1n) is 15.6. The Bertz CT molecular complexity index is 2090. The number of rotatable bonds is 11. The van der Waals surface area contributed by atoms with E-state index in [0.29, 0.717) is 27.5 Å².